The Morgan fingerprint density at radius 2 is 1.96 bits per heavy atom. The molecule has 6 N–H and O–H groups in total. The summed E-state index contributed by atoms with van der Waals surface area (Å²) in [5.41, 5.74) is 5.31. The van der Waals surface area contributed by atoms with Crippen LogP contribution in [0.4, 0.5) is 11.9 Å². The molecule has 2 fully saturated rings. The van der Waals surface area contributed by atoms with Crippen molar-refractivity contribution < 1.29 is 24.8 Å². The lowest BCUT2D eigenvalue weighted by atomic mass is 10.1. The fourth-order valence-corrected chi connectivity index (χ4v) is 3.30. The molecule has 2 aromatic heterocycles. The van der Waals surface area contributed by atoms with Crippen molar-refractivity contribution in [3.63, 3.8) is 0 Å². The molecule has 4 rings (SSSR count). The maximum absolute atomic E-state index is 12.2. The first kappa shape index (κ1) is 17.2. The molecule has 4 heterocycles. The van der Waals surface area contributed by atoms with Gasteiger partial charge in [0.2, 0.25) is 11.9 Å². The monoisotopic (exact) mass is 368 g/mol. The van der Waals surface area contributed by atoms with Crippen molar-refractivity contribution >= 4 is 23.1 Å². The summed E-state index contributed by atoms with van der Waals surface area (Å²) in [4.78, 5) is 25.0. The Balaban J connectivity index is 1.89. The van der Waals surface area contributed by atoms with Crippen LogP contribution in [0, 0.1) is 0 Å². The molecule has 12 nitrogen and oxygen atoms in total. The molecule has 0 spiro atoms. The van der Waals surface area contributed by atoms with Crippen molar-refractivity contribution in [2.75, 3.05) is 43.5 Å². The fourth-order valence-electron chi connectivity index (χ4n) is 3.30. The number of aliphatic hydroxyl groups excluding tert-OH is 3. The van der Waals surface area contributed by atoms with Crippen LogP contribution < -0.4 is 16.2 Å². The number of rotatable bonds is 3. The van der Waals surface area contributed by atoms with Crippen molar-refractivity contribution in [2.24, 2.45) is 0 Å². The first-order valence-electron chi connectivity index (χ1n) is 8.24. The predicted molar refractivity (Wildman–Crippen MR) is 88.6 cm³/mol. The van der Waals surface area contributed by atoms with Gasteiger partial charge in [0.15, 0.2) is 17.4 Å². The summed E-state index contributed by atoms with van der Waals surface area (Å²) < 4.78 is 12.4. The van der Waals surface area contributed by atoms with Gasteiger partial charge in [0.1, 0.15) is 18.3 Å². The van der Waals surface area contributed by atoms with Crippen LogP contribution in [-0.4, -0.2) is 86.1 Å². The molecule has 2 aliphatic rings. The molecule has 2 aromatic rings. The Kier molecular flexibility index (Phi) is 4.28. The summed E-state index contributed by atoms with van der Waals surface area (Å²) >= 11 is 0. The standard InChI is InChI=1S/C14H20N6O6/c15-13-17-10-7(11(24)18-13)16-14(19-1-3-25-4-2-19)20(10)12-9(23)8(22)6(5-21)26-12/h6,8-9,12,21-23H,1-5H2,(H3,15,17,18,24)/t6-,8+,9-,12-/m0/s1. The average molecular weight is 368 g/mol. The van der Waals surface area contributed by atoms with E-state index in [1.165, 1.54) is 4.57 Å². The van der Waals surface area contributed by atoms with Gasteiger partial charge in [0, 0.05) is 13.1 Å². The number of hydrogen-bond acceptors (Lipinski definition) is 10. The molecule has 0 amide bonds. The largest absolute Gasteiger partial charge is 0.394 e. The van der Waals surface area contributed by atoms with E-state index in [1.807, 2.05) is 4.90 Å². The van der Waals surface area contributed by atoms with Gasteiger partial charge >= 0.3 is 0 Å². The van der Waals surface area contributed by atoms with E-state index in [0.717, 1.165) is 0 Å². The summed E-state index contributed by atoms with van der Waals surface area (Å²) in [6, 6.07) is 0. The molecule has 0 aliphatic carbocycles. The van der Waals surface area contributed by atoms with Gasteiger partial charge in [-0.1, -0.05) is 0 Å². The maximum Gasteiger partial charge on any atom is 0.280 e. The third-order valence-corrected chi connectivity index (χ3v) is 4.62. The average Bonchev–Trinajstić information content (AvgIpc) is 3.14. The molecular formula is C14H20N6O6. The molecule has 2 saturated heterocycles. The zero-order chi connectivity index (χ0) is 18.4. The van der Waals surface area contributed by atoms with Gasteiger partial charge in [-0.05, 0) is 0 Å². The van der Waals surface area contributed by atoms with Gasteiger partial charge in [-0.2, -0.15) is 4.98 Å². The summed E-state index contributed by atoms with van der Waals surface area (Å²) in [7, 11) is 0. The molecule has 12 heteroatoms. The molecular weight excluding hydrogens is 348 g/mol. The van der Waals surface area contributed by atoms with E-state index in [-0.39, 0.29) is 17.1 Å². The highest BCUT2D eigenvalue weighted by Gasteiger charge is 2.45. The lowest BCUT2D eigenvalue weighted by molar-refractivity contribution is -0.0506. The minimum atomic E-state index is -1.34. The van der Waals surface area contributed by atoms with E-state index < -0.39 is 36.7 Å². The fraction of sp³-hybridized carbons (Fsp3) is 0.643. The summed E-state index contributed by atoms with van der Waals surface area (Å²) in [5.74, 6) is 0.241. The third kappa shape index (κ3) is 2.62. The number of ether oxygens (including phenoxy) is 2. The highest BCUT2D eigenvalue weighted by molar-refractivity contribution is 5.75. The van der Waals surface area contributed by atoms with E-state index in [0.29, 0.717) is 32.3 Å². The van der Waals surface area contributed by atoms with Crippen LogP contribution in [-0.2, 0) is 9.47 Å². The number of aliphatic hydroxyl groups is 3. The van der Waals surface area contributed by atoms with E-state index >= 15 is 0 Å². The molecule has 4 atom stereocenters. The molecule has 142 valence electrons. The number of imidazole rings is 1. The van der Waals surface area contributed by atoms with Crippen LogP contribution in [0.1, 0.15) is 6.23 Å². The normalized spacial score (nSPS) is 29.6. The number of H-pyrrole nitrogens is 1. The number of nitrogens with two attached hydrogens (primary N) is 1. The maximum atomic E-state index is 12.2. The van der Waals surface area contributed by atoms with Gasteiger partial charge in [-0.15, -0.1) is 0 Å². The van der Waals surface area contributed by atoms with E-state index in [1.54, 1.807) is 0 Å². The van der Waals surface area contributed by atoms with Crippen LogP contribution in [0.2, 0.25) is 0 Å². The molecule has 0 radical (unpaired) electrons. The number of aromatic amines is 1. The first-order chi connectivity index (χ1) is 12.5. The predicted octanol–water partition coefficient (Wildman–Crippen LogP) is -2.85. The SMILES string of the molecule is Nc1nc2c(nc(N3CCOCC3)n2[C@H]2O[C@@H](CO)[C@@H](O)[C@@H]2O)c(=O)[nH]1. The van der Waals surface area contributed by atoms with Gasteiger partial charge in [0.25, 0.3) is 5.56 Å². The number of nitrogen functional groups attached to an aromatic ring is 1. The van der Waals surface area contributed by atoms with Crippen molar-refractivity contribution in [2.45, 2.75) is 24.5 Å². The van der Waals surface area contributed by atoms with Gasteiger partial charge in [-0.25, -0.2) is 4.98 Å². The highest BCUT2D eigenvalue weighted by Crippen LogP contribution is 2.35. The van der Waals surface area contributed by atoms with Gasteiger partial charge in [0.05, 0.1) is 19.8 Å². The second-order valence-corrected chi connectivity index (χ2v) is 6.23. The van der Waals surface area contributed by atoms with Crippen LogP contribution in [0.25, 0.3) is 11.2 Å². The van der Waals surface area contributed by atoms with Gasteiger partial charge in [-0.3, -0.25) is 14.3 Å². The zero-order valence-electron chi connectivity index (χ0n) is 13.8. The van der Waals surface area contributed by atoms with Crippen molar-refractivity contribution in [3.8, 4) is 0 Å². The molecule has 26 heavy (non-hydrogen) atoms. The van der Waals surface area contributed by atoms with Crippen molar-refractivity contribution in [1.29, 1.82) is 0 Å². The number of aromatic nitrogens is 4. The van der Waals surface area contributed by atoms with Crippen LogP contribution in [0.5, 0.6) is 0 Å². The topological polar surface area (TPSA) is 172 Å². The Hall–Kier alpha value is -2.25. The van der Waals surface area contributed by atoms with E-state index in [9.17, 15) is 20.1 Å². The molecule has 0 aromatic carbocycles. The minimum Gasteiger partial charge on any atom is -0.394 e. The van der Waals surface area contributed by atoms with Gasteiger partial charge < -0.3 is 35.4 Å². The Bertz CT molecular complexity index is 861. The summed E-state index contributed by atoms with van der Waals surface area (Å²) in [5, 5.41) is 29.9. The van der Waals surface area contributed by atoms with Crippen LogP contribution >= 0.6 is 0 Å². The Labute approximate surface area is 146 Å². The summed E-state index contributed by atoms with van der Waals surface area (Å²) in [6.45, 7) is 1.53. The van der Waals surface area contributed by atoms with Crippen molar-refractivity contribution in [1.82, 2.24) is 19.5 Å². The second kappa shape index (κ2) is 6.48. The quantitative estimate of drug-likeness (QED) is 0.379. The van der Waals surface area contributed by atoms with Crippen LogP contribution in [0.3, 0.4) is 0 Å². The highest BCUT2D eigenvalue weighted by atomic mass is 16.6. The Morgan fingerprint density at radius 3 is 2.62 bits per heavy atom. The number of morpholine rings is 1. The Morgan fingerprint density at radius 1 is 1.23 bits per heavy atom. The zero-order valence-corrected chi connectivity index (χ0v) is 13.8. The molecule has 0 saturated carbocycles. The number of nitrogens with zero attached hydrogens (tertiary/aromatic N) is 4. The van der Waals surface area contributed by atoms with E-state index in [4.69, 9.17) is 15.2 Å². The third-order valence-electron chi connectivity index (χ3n) is 4.62. The lowest BCUT2D eigenvalue weighted by Crippen LogP contribution is -2.39. The molecule has 0 unspecified atom stereocenters. The second-order valence-electron chi connectivity index (χ2n) is 6.23. The molecule has 2 aliphatic heterocycles. The number of anilines is 2. The van der Waals surface area contributed by atoms with E-state index in [2.05, 4.69) is 15.0 Å². The minimum absolute atomic E-state index is 0.0402. The number of nitrogens with one attached hydrogen (secondary N) is 1. The van der Waals surface area contributed by atoms with Crippen molar-refractivity contribution in [3.05, 3.63) is 10.4 Å². The first-order valence-corrected chi connectivity index (χ1v) is 8.24. The lowest BCUT2D eigenvalue weighted by Gasteiger charge is -2.30. The number of fused-ring (bicyclic) bond motifs is 1. The van der Waals surface area contributed by atoms with Crippen LogP contribution in [0.15, 0.2) is 4.79 Å². The molecule has 0 bridgehead atoms. The summed E-state index contributed by atoms with van der Waals surface area (Å²) in [6.07, 6.45) is -4.69. The number of hydrogen-bond donors (Lipinski definition) is 5. The smallest absolute Gasteiger partial charge is 0.280 e.